The summed E-state index contributed by atoms with van der Waals surface area (Å²) < 4.78 is 26.8. The van der Waals surface area contributed by atoms with E-state index in [0.29, 0.717) is 35.7 Å². The lowest BCUT2D eigenvalue weighted by molar-refractivity contribution is 0.0955. The van der Waals surface area contributed by atoms with Gasteiger partial charge in [-0.05, 0) is 37.5 Å². The third-order valence-corrected chi connectivity index (χ3v) is 5.28. The lowest BCUT2D eigenvalue weighted by Gasteiger charge is -2.27. The number of hydrogen-bond acceptors (Lipinski definition) is 5. The number of nitrogens with zero attached hydrogens (tertiary/aromatic N) is 2. The van der Waals surface area contributed by atoms with Gasteiger partial charge < -0.3 is 19.8 Å². The number of aryl methyl sites for hydroxylation is 1. The van der Waals surface area contributed by atoms with Crippen LogP contribution in [0.3, 0.4) is 0 Å². The summed E-state index contributed by atoms with van der Waals surface area (Å²) in [5.74, 6) is -1.00. The molecule has 2 aliphatic heterocycles. The van der Waals surface area contributed by atoms with Crippen LogP contribution in [0.5, 0.6) is 5.75 Å². The van der Waals surface area contributed by atoms with Crippen LogP contribution in [0.2, 0.25) is 0 Å². The van der Waals surface area contributed by atoms with Crippen LogP contribution in [0.4, 0.5) is 4.39 Å². The molecule has 4 rings (SSSR count). The molecule has 0 spiro atoms. The van der Waals surface area contributed by atoms with Gasteiger partial charge in [-0.3, -0.25) is 4.79 Å². The lowest BCUT2D eigenvalue weighted by Crippen LogP contribution is -2.35. The number of rotatable bonds is 3. The Morgan fingerprint density at radius 1 is 1.39 bits per heavy atom. The van der Waals surface area contributed by atoms with E-state index in [1.807, 2.05) is 13.0 Å². The van der Waals surface area contributed by atoms with Crippen molar-refractivity contribution in [3.8, 4) is 11.8 Å². The molecule has 0 bridgehead atoms. The molecule has 1 aromatic heterocycles. The van der Waals surface area contributed by atoms with Gasteiger partial charge in [0, 0.05) is 18.4 Å². The number of nitriles is 1. The van der Waals surface area contributed by atoms with E-state index in [4.69, 9.17) is 15.2 Å². The molecule has 7 heteroatoms. The highest BCUT2D eigenvalue weighted by Crippen LogP contribution is 2.40. The minimum atomic E-state index is -0.784. The molecule has 0 saturated carbocycles. The number of nitrogens with two attached hydrogens (primary N) is 1. The average Bonchev–Trinajstić information content (AvgIpc) is 3.17. The van der Waals surface area contributed by atoms with Gasteiger partial charge in [0.1, 0.15) is 23.2 Å². The van der Waals surface area contributed by atoms with Gasteiger partial charge in [0.05, 0.1) is 24.1 Å². The highest BCUT2D eigenvalue weighted by molar-refractivity contribution is 5.55. The minimum absolute atomic E-state index is 0.0253. The van der Waals surface area contributed by atoms with Crippen molar-refractivity contribution in [2.24, 2.45) is 5.73 Å². The molecule has 0 amide bonds. The van der Waals surface area contributed by atoms with Crippen molar-refractivity contribution >= 4 is 0 Å². The maximum absolute atomic E-state index is 13.9. The van der Waals surface area contributed by atoms with Gasteiger partial charge >= 0.3 is 0 Å². The minimum Gasteiger partial charge on any atom is -0.440 e. The molecule has 0 radical (unpaired) electrons. The van der Waals surface area contributed by atoms with Crippen LogP contribution in [0.1, 0.15) is 35.6 Å². The fraction of sp³-hybridized carbons (Fsp3) is 0.333. The molecular weight excluding hydrogens is 361 g/mol. The molecule has 1 aromatic carbocycles. The Labute approximate surface area is 161 Å². The summed E-state index contributed by atoms with van der Waals surface area (Å²) in [6, 6.07) is 9.62. The van der Waals surface area contributed by atoms with Crippen LogP contribution < -0.4 is 16.0 Å². The van der Waals surface area contributed by atoms with Crippen molar-refractivity contribution in [2.75, 3.05) is 6.61 Å². The second-order valence-corrected chi connectivity index (χ2v) is 7.09. The molecule has 2 N–H and O–H groups in total. The van der Waals surface area contributed by atoms with E-state index in [-0.39, 0.29) is 23.1 Å². The molecule has 3 heterocycles. The fourth-order valence-electron chi connectivity index (χ4n) is 3.92. The number of allylic oxidation sites excluding steroid dienone is 1. The molecule has 1 fully saturated rings. The number of fused-ring (bicyclic) bond motifs is 1. The summed E-state index contributed by atoms with van der Waals surface area (Å²) in [6.07, 6.45) is 1.84. The first-order chi connectivity index (χ1) is 13.5. The molecule has 0 aliphatic carbocycles. The number of benzene rings is 1. The summed E-state index contributed by atoms with van der Waals surface area (Å²) >= 11 is 0. The van der Waals surface area contributed by atoms with E-state index in [0.717, 1.165) is 12.8 Å². The van der Waals surface area contributed by atoms with E-state index in [2.05, 4.69) is 0 Å². The smallest absolute Gasteiger partial charge is 0.258 e. The van der Waals surface area contributed by atoms with Crippen molar-refractivity contribution < 1.29 is 13.9 Å². The number of ether oxygens (including phenoxy) is 2. The molecule has 0 unspecified atom stereocenters. The summed E-state index contributed by atoms with van der Waals surface area (Å²) in [7, 11) is 0. The largest absolute Gasteiger partial charge is 0.440 e. The normalized spacial score (nSPS) is 21.2. The predicted molar refractivity (Wildman–Crippen MR) is 100 cm³/mol. The fourth-order valence-corrected chi connectivity index (χ4v) is 3.92. The van der Waals surface area contributed by atoms with Gasteiger partial charge in [0.2, 0.25) is 5.88 Å². The molecule has 2 aromatic rings. The number of halogens is 1. The van der Waals surface area contributed by atoms with Crippen LogP contribution in [0, 0.1) is 24.1 Å². The van der Waals surface area contributed by atoms with E-state index >= 15 is 0 Å². The molecule has 2 aliphatic rings. The van der Waals surface area contributed by atoms with Crippen molar-refractivity contribution in [1.29, 1.82) is 5.26 Å². The summed E-state index contributed by atoms with van der Waals surface area (Å²) in [4.78, 5) is 13.4. The number of hydrogen-bond donors (Lipinski definition) is 1. The SMILES string of the molecule is Cc1cc2c(c(=O)n1C[C@H]1CCCO1)[C@H](c1cccc(F)c1)C(C#N)=C(N)O2. The zero-order valence-corrected chi connectivity index (χ0v) is 15.4. The van der Waals surface area contributed by atoms with Gasteiger partial charge in [0.25, 0.3) is 5.56 Å². The van der Waals surface area contributed by atoms with Gasteiger partial charge in [0.15, 0.2) is 0 Å². The van der Waals surface area contributed by atoms with Crippen LogP contribution in [0.15, 0.2) is 46.6 Å². The van der Waals surface area contributed by atoms with E-state index in [1.165, 1.54) is 12.1 Å². The zero-order valence-electron chi connectivity index (χ0n) is 15.4. The Hall–Kier alpha value is -3.11. The first-order valence-corrected chi connectivity index (χ1v) is 9.18. The molecular formula is C21H20FN3O3. The highest BCUT2D eigenvalue weighted by Gasteiger charge is 2.35. The Bertz CT molecular complexity index is 1060. The third kappa shape index (κ3) is 3.06. The van der Waals surface area contributed by atoms with E-state index in [9.17, 15) is 14.4 Å². The lowest BCUT2D eigenvalue weighted by atomic mass is 9.84. The monoisotopic (exact) mass is 381 g/mol. The second kappa shape index (κ2) is 7.13. The third-order valence-electron chi connectivity index (χ3n) is 5.28. The zero-order chi connectivity index (χ0) is 19.8. The van der Waals surface area contributed by atoms with E-state index in [1.54, 1.807) is 22.8 Å². The average molecular weight is 381 g/mol. The summed E-state index contributed by atoms with van der Waals surface area (Å²) in [5, 5.41) is 9.64. The second-order valence-electron chi connectivity index (χ2n) is 7.09. The Balaban J connectivity index is 1.90. The summed E-state index contributed by atoms with van der Waals surface area (Å²) in [5.41, 5.74) is 7.26. The van der Waals surface area contributed by atoms with Crippen molar-refractivity contribution in [2.45, 2.75) is 38.3 Å². The predicted octanol–water partition coefficient (Wildman–Crippen LogP) is 2.69. The topological polar surface area (TPSA) is 90.3 Å². The maximum atomic E-state index is 13.9. The van der Waals surface area contributed by atoms with Gasteiger partial charge in [-0.1, -0.05) is 12.1 Å². The van der Waals surface area contributed by atoms with Crippen LogP contribution in [-0.2, 0) is 11.3 Å². The summed E-state index contributed by atoms with van der Waals surface area (Å²) in [6.45, 7) is 2.93. The van der Waals surface area contributed by atoms with Crippen molar-refractivity contribution in [3.05, 3.63) is 74.8 Å². The Morgan fingerprint density at radius 2 is 2.21 bits per heavy atom. The molecule has 2 atom stereocenters. The van der Waals surface area contributed by atoms with Gasteiger partial charge in [-0.15, -0.1) is 0 Å². The van der Waals surface area contributed by atoms with Crippen LogP contribution in [0.25, 0.3) is 0 Å². The van der Waals surface area contributed by atoms with Crippen LogP contribution >= 0.6 is 0 Å². The Kier molecular flexibility index (Phi) is 4.65. The first-order valence-electron chi connectivity index (χ1n) is 9.18. The molecule has 6 nitrogen and oxygen atoms in total. The van der Waals surface area contributed by atoms with Crippen LogP contribution in [-0.4, -0.2) is 17.3 Å². The first kappa shape index (κ1) is 18.3. The van der Waals surface area contributed by atoms with E-state index < -0.39 is 11.7 Å². The van der Waals surface area contributed by atoms with Crippen molar-refractivity contribution in [3.63, 3.8) is 0 Å². The maximum Gasteiger partial charge on any atom is 0.258 e. The molecule has 1 saturated heterocycles. The van der Waals surface area contributed by atoms with Crippen molar-refractivity contribution in [1.82, 2.24) is 4.57 Å². The highest BCUT2D eigenvalue weighted by atomic mass is 19.1. The standard InChI is InChI=1S/C21H20FN3O3/c1-12-8-17-19(21(26)25(12)11-15-6-3-7-27-15)18(16(10-23)20(24)28-17)13-4-2-5-14(22)9-13/h2,4-5,8-9,15,18H,3,6-7,11,24H2,1H3/t15-,18-/m1/s1. The quantitative estimate of drug-likeness (QED) is 0.883. The number of aromatic nitrogens is 1. The number of pyridine rings is 1. The Morgan fingerprint density at radius 3 is 2.89 bits per heavy atom. The van der Waals surface area contributed by atoms with Gasteiger partial charge in [-0.2, -0.15) is 5.26 Å². The molecule has 28 heavy (non-hydrogen) atoms. The molecule has 144 valence electrons. The van der Waals surface area contributed by atoms with Gasteiger partial charge in [-0.25, -0.2) is 4.39 Å².